The maximum Gasteiger partial charge on any atom is 0.240 e. The summed E-state index contributed by atoms with van der Waals surface area (Å²) in [5.41, 5.74) is 5.75. The molecule has 2 amide bonds. The molecule has 0 saturated carbocycles. The van der Waals surface area contributed by atoms with Gasteiger partial charge in [0.15, 0.2) is 0 Å². The lowest BCUT2D eigenvalue weighted by atomic mass is 9.98. The number of amides is 2. The Labute approximate surface area is 276 Å². The zero-order valence-corrected chi connectivity index (χ0v) is 27.1. The van der Waals surface area contributed by atoms with E-state index in [1.165, 1.54) is 11.8 Å². The van der Waals surface area contributed by atoms with E-state index in [1.54, 1.807) is 36.2 Å². The number of benzene rings is 3. The molecule has 1 N–H and O–H groups in total. The van der Waals surface area contributed by atoms with Crippen LogP contribution in [0.3, 0.4) is 0 Å². The van der Waals surface area contributed by atoms with E-state index >= 15 is 0 Å². The van der Waals surface area contributed by atoms with Gasteiger partial charge in [-0.2, -0.15) is 5.10 Å². The van der Waals surface area contributed by atoms with E-state index in [4.69, 9.17) is 26.2 Å². The van der Waals surface area contributed by atoms with E-state index in [9.17, 15) is 9.59 Å². The van der Waals surface area contributed by atoms with Crippen molar-refractivity contribution in [3.8, 4) is 28.4 Å². The highest BCUT2D eigenvalue weighted by atomic mass is 35.5. The molecule has 46 heavy (non-hydrogen) atoms. The van der Waals surface area contributed by atoms with Crippen LogP contribution < -0.4 is 19.7 Å². The number of fused-ring (bicyclic) bond motifs is 1. The Hall–Kier alpha value is -4.80. The van der Waals surface area contributed by atoms with Crippen LogP contribution in [0.25, 0.3) is 16.9 Å². The first-order chi connectivity index (χ1) is 22.4. The van der Waals surface area contributed by atoms with E-state index in [0.29, 0.717) is 28.0 Å². The fourth-order valence-electron chi connectivity index (χ4n) is 5.40. The summed E-state index contributed by atoms with van der Waals surface area (Å²) in [6.45, 7) is 2.09. The number of methoxy groups -OCH3 is 2. The average molecular weight is 654 g/mol. The summed E-state index contributed by atoms with van der Waals surface area (Å²) in [5.74, 6) is 1.39. The highest BCUT2D eigenvalue weighted by Crippen LogP contribution is 2.51. The predicted octanol–water partition coefficient (Wildman–Crippen LogP) is 6.40. The van der Waals surface area contributed by atoms with Crippen molar-refractivity contribution < 1.29 is 19.1 Å². The maximum absolute atomic E-state index is 14.1. The average Bonchev–Trinajstić information content (AvgIpc) is 3.40. The molecule has 9 nitrogen and oxygen atoms in total. The largest absolute Gasteiger partial charge is 0.497 e. The molecule has 0 fully saturated rings. The van der Waals surface area contributed by atoms with E-state index in [0.717, 1.165) is 33.5 Å². The van der Waals surface area contributed by atoms with Gasteiger partial charge in [0.1, 0.15) is 23.9 Å². The maximum atomic E-state index is 14.1. The molecular formula is C35H32ClN5O4S. The van der Waals surface area contributed by atoms with Crippen molar-refractivity contribution >= 4 is 41.0 Å². The van der Waals surface area contributed by atoms with Crippen LogP contribution in [0.15, 0.2) is 91.3 Å². The second-order valence-electron chi connectivity index (χ2n) is 10.8. The van der Waals surface area contributed by atoms with Gasteiger partial charge >= 0.3 is 0 Å². The van der Waals surface area contributed by atoms with Crippen LogP contribution in [-0.2, 0) is 16.1 Å². The number of ether oxygens (including phenoxy) is 2. The number of carbonyl (C=O) groups is 2. The lowest BCUT2D eigenvalue weighted by molar-refractivity contribution is -0.123. The molecule has 3 heterocycles. The van der Waals surface area contributed by atoms with E-state index in [2.05, 4.69) is 10.3 Å². The highest BCUT2D eigenvalue weighted by Gasteiger charge is 2.39. The number of halogens is 1. The molecule has 234 valence electrons. The van der Waals surface area contributed by atoms with Gasteiger partial charge in [-0.15, -0.1) is 11.8 Å². The van der Waals surface area contributed by atoms with Gasteiger partial charge in [-0.25, -0.2) is 4.68 Å². The van der Waals surface area contributed by atoms with Crippen molar-refractivity contribution in [2.45, 2.75) is 18.7 Å². The number of nitrogens with zero attached hydrogens (tertiary/aromatic N) is 4. The molecule has 0 bridgehead atoms. The molecule has 1 aliphatic rings. The summed E-state index contributed by atoms with van der Waals surface area (Å²) in [6, 6.07) is 24.7. The molecule has 0 spiro atoms. The lowest BCUT2D eigenvalue weighted by Gasteiger charge is -2.24. The van der Waals surface area contributed by atoms with Crippen molar-refractivity contribution in [2.24, 2.45) is 0 Å². The molecule has 0 radical (unpaired) electrons. The van der Waals surface area contributed by atoms with Crippen molar-refractivity contribution in [1.29, 1.82) is 0 Å². The van der Waals surface area contributed by atoms with Crippen LogP contribution in [0.2, 0.25) is 5.02 Å². The second kappa shape index (κ2) is 13.7. The minimum Gasteiger partial charge on any atom is -0.497 e. The van der Waals surface area contributed by atoms with Gasteiger partial charge in [0.2, 0.25) is 11.8 Å². The number of aromatic nitrogens is 3. The summed E-state index contributed by atoms with van der Waals surface area (Å²) in [7, 11) is 3.23. The first-order valence-corrected chi connectivity index (χ1v) is 16.0. The Morgan fingerprint density at radius 2 is 1.83 bits per heavy atom. The molecule has 11 heteroatoms. The third kappa shape index (κ3) is 6.45. The van der Waals surface area contributed by atoms with Gasteiger partial charge in [0.05, 0.1) is 36.6 Å². The van der Waals surface area contributed by atoms with Crippen molar-refractivity contribution in [2.75, 3.05) is 31.4 Å². The molecule has 0 saturated heterocycles. The number of carbonyl (C=O) groups excluding carboxylic acids is 2. The predicted molar refractivity (Wildman–Crippen MR) is 181 cm³/mol. The monoisotopic (exact) mass is 653 g/mol. The Kier molecular flexibility index (Phi) is 9.28. The van der Waals surface area contributed by atoms with E-state index in [1.807, 2.05) is 85.8 Å². The fourth-order valence-corrected chi connectivity index (χ4v) is 6.74. The van der Waals surface area contributed by atoms with Crippen LogP contribution in [-0.4, -0.2) is 53.1 Å². The number of rotatable bonds is 9. The summed E-state index contributed by atoms with van der Waals surface area (Å²) in [6.07, 6.45) is 3.38. The highest BCUT2D eigenvalue weighted by molar-refractivity contribution is 8.00. The molecule has 5 aromatic rings. The Bertz CT molecular complexity index is 1860. The Balaban J connectivity index is 1.56. The SMILES string of the molecule is COc1ccc(OC)c([C@H]2SCC(=O)N(CC(=O)NCc3cccnc3)c3c2c(-c2ccc(Cl)cc2)nn3-c2ccc(C)cc2)c1. The summed E-state index contributed by atoms with van der Waals surface area (Å²) >= 11 is 7.75. The molecule has 1 aliphatic heterocycles. The Morgan fingerprint density at radius 3 is 2.52 bits per heavy atom. The van der Waals surface area contributed by atoms with Crippen molar-refractivity contribution in [3.63, 3.8) is 0 Å². The van der Waals surface area contributed by atoms with Crippen LogP contribution in [0.1, 0.15) is 27.5 Å². The van der Waals surface area contributed by atoms with Crippen molar-refractivity contribution in [1.82, 2.24) is 20.1 Å². The number of hydrogen-bond donors (Lipinski definition) is 1. The molecule has 2 aromatic heterocycles. The smallest absolute Gasteiger partial charge is 0.240 e. The van der Waals surface area contributed by atoms with Crippen LogP contribution in [0.4, 0.5) is 5.82 Å². The number of thioether (sulfide) groups is 1. The van der Waals surface area contributed by atoms with Crippen molar-refractivity contribution in [3.05, 3.63) is 119 Å². The third-order valence-corrected chi connectivity index (χ3v) is 9.21. The normalized spacial score (nSPS) is 14.4. The zero-order chi connectivity index (χ0) is 32.2. The molecule has 3 aromatic carbocycles. The van der Waals surface area contributed by atoms with Crippen LogP contribution in [0.5, 0.6) is 11.5 Å². The van der Waals surface area contributed by atoms with Gasteiger partial charge in [-0.3, -0.25) is 19.5 Å². The zero-order valence-electron chi connectivity index (χ0n) is 25.6. The number of anilines is 1. The minimum atomic E-state index is -0.405. The number of pyridine rings is 1. The summed E-state index contributed by atoms with van der Waals surface area (Å²) < 4.78 is 13.2. The first kappa shape index (κ1) is 31.2. The Morgan fingerprint density at radius 1 is 1.04 bits per heavy atom. The fraction of sp³-hybridized carbons (Fsp3) is 0.200. The summed E-state index contributed by atoms with van der Waals surface area (Å²) in [5, 5.41) is 8.28. The van der Waals surface area contributed by atoms with Gasteiger partial charge in [-0.05, 0) is 61.0 Å². The molecule has 0 aliphatic carbocycles. The standard InChI is InChI=1S/C35H32ClN5O4S/c1-22-6-12-26(13-7-22)41-35-32(33(39-41)24-8-10-25(36)11-9-24)34(28-17-27(44-2)14-15-29(28)45-3)46-21-31(43)40(35)20-30(42)38-19-23-5-4-16-37-18-23/h4-18,34H,19-21H2,1-3H3,(H,38,42)/t34-/m1/s1. The van der Waals surface area contributed by atoms with E-state index in [-0.39, 0.29) is 30.7 Å². The van der Waals surface area contributed by atoms with Gasteiger partial charge in [0, 0.05) is 40.7 Å². The topological polar surface area (TPSA) is 98.6 Å². The van der Waals surface area contributed by atoms with Gasteiger partial charge < -0.3 is 14.8 Å². The molecular weight excluding hydrogens is 622 g/mol. The van der Waals surface area contributed by atoms with Gasteiger partial charge in [-0.1, -0.05) is 47.5 Å². The minimum absolute atomic E-state index is 0.115. The lowest BCUT2D eigenvalue weighted by Crippen LogP contribution is -2.42. The van der Waals surface area contributed by atoms with E-state index < -0.39 is 5.25 Å². The quantitative estimate of drug-likeness (QED) is 0.197. The van der Waals surface area contributed by atoms with Crippen LogP contribution >= 0.6 is 23.4 Å². The number of nitrogens with one attached hydrogen (secondary N) is 1. The summed E-state index contributed by atoms with van der Waals surface area (Å²) in [4.78, 5) is 33.2. The molecule has 0 unspecified atom stereocenters. The first-order valence-electron chi connectivity index (χ1n) is 14.6. The molecule has 6 rings (SSSR count). The second-order valence-corrected chi connectivity index (χ2v) is 12.3. The molecule has 1 atom stereocenters. The number of aryl methyl sites for hydroxylation is 1. The third-order valence-electron chi connectivity index (χ3n) is 7.72. The van der Waals surface area contributed by atoms with Crippen LogP contribution in [0, 0.1) is 6.92 Å². The number of hydrogen-bond acceptors (Lipinski definition) is 7. The van der Waals surface area contributed by atoms with Gasteiger partial charge in [0.25, 0.3) is 0 Å².